The Labute approximate surface area is 112 Å². The molecule has 0 aliphatic rings. The molecule has 3 N–H and O–H groups in total. The molecule has 0 aliphatic heterocycles. The number of nitrogens with zero attached hydrogens (tertiary/aromatic N) is 2. The molecule has 1 heterocycles. The fourth-order valence-electron chi connectivity index (χ4n) is 1.87. The van der Waals surface area contributed by atoms with Crippen LogP contribution < -0.4 is 11.1 Å². The number of carbonyl (C=O) groups is 1. The second-order valence-corrected chi connectivity index (χ2v) is 4.36. The van der Waals surface area contributed by atoms with E-state index in [-0.39, 0.29) is 5.91 Å². The number of nitrogens with two attached hydrogens (primary N) is 1. The maximum atomic E-state index is 11.1. The van der Waals surface area contributed by atoms with Crippen molar-refractivity contribution in [1.29, 1.82) is 0 Å². The summed E-state index contributed by atoms with van der Waals surface area (Å²) in [5.41, 5.74) is 6.86. The monoisotopic (exact) mass is 258 g/mol. The predicted molar refractivity (Wildman–Crippen MR) is 73.5 cm³/mol. The van der Waals surface area contributed by atoms with Crippen molar-refractivity contribution in [2.75, 3.05) is 6.54 Å². The van der Waals surface area contributed by atoms with Gasteiger partial charge >= 0.3 is 0 Å². The van der Waals surface area contributed by atoms with Crippen LogP contribution in [0.4, 0.5) is 0 Å². The molecule has 1 amide bonds. The summed E-state index contributed by atoms with van der Waals surface area (Å²) >= 11 is 0. The molecule has 1 aromatic heterocycles. The Morgan fingerprint density at radius 1 is 1.37 bits per heavy atom. The van der Waals surface area contributed by atoms with E-state index >= 15 is 0 Å². The highest BCUT2D eigenvalue weighted by molar-refractivity contribution is 5.92. The number of hydrogen-bond acceptors (Lipinski definition) is 3. The predicted octanol–water partition coefficient (Wildman–Crippen LogP) is 1.16. The minimum Gasteiger partial charge on any atom is -0.366 e. The van der Waals surface area contributed by atoms with Crippen molar-refractivity contribution in [2.24, 2.45) is 5.73 Å². The molecule has 0 atom stereocenters. The summed E-state index contributed by atoms with van der Waals surface area (Å²) < 4.78 is 1.91. The van der Waals surface area contributed by atoms with Crippen LogP contribution in [0.3, 0.4) is 0 Å². The lowest BCUT2D eigenvalue weighted by atomic mass is 10.1. The first-order valence-corrected chi connectivity index (χ1v) is 6.32. The van der Waals surface area contributed by atoms with Crippen molar-refractivity contribution in [3.63, 3.8) is 0 Å². The zero-order chi connectivity index (χ0) is 13.5. The van der Waals surface area contributed by atoms with Crippen LogP contribution in [-0.2, 0) is 13.1 Å². The van der Waals surface area contributed by atoms with Gasteiger partial charge in [-0.3, -0.25) is 9.48 Å². The second kappa shape index (κ2) is 6.70. The molecule has 2 rings (SSSR count). The molecule has 0 aliphatic carbocycles. The van der Waals surface area contributed by atoms with Gasteiger partial charge in [0.1, 0.15) is 0 Å². The van der Waals surface area contributed by atoms with E-state index in [2.05, 4.69) is 10.4 Å². The lowest BCUT2D eigenvalue weighted by Crippen LogP contribution is -2.17. The van der Waals surface area contributed by atoms with Gasteiger partial charge in [0, 0.05) is 31.0 Å². The average Bonchev–Trinajstić information content (AvgIpc) is 2.92. The third kappa shape index (κ3) is 4.22. The van der Waals surface area contributed by atoms with Crippen LogP contribution in [-0.4, -0.2) is 22.2 Å². The molecule has 0 bridgehead atoms. The van der Waals surface area contributed by atoms with Crippen molar-refractivity contribution in [2.45, 2.75) is 19.5 Å². The van der Waals surface area contributed by atoms with Crippen molar-refractivity contribution in [3.8, 4) is 0 Å². The molecule has 5 heteroatoms. The van der Waals surface area contributed by atoms with Crippen LogP contribution in [0.5, 0.6) is 0 Å². The van der Waals surface area contributed by atoms with E-state index in [0.717, 1.165) is 31.6 Å². The maximum Gasteiger partial charge on any atom is 0.248 e. The van der Waals surface area contributed by atoms with E-state index in [1.807, 2.05) is 35.1 Å². The normalized spacial score (nSPS) is 10.5. The van der Waals surface area contributed by atoms with Gasteiger partial charge in [0.15, 0.2) is 0 Å². The van der Waals surface area contributed by atoms with Crippen LogP contribution in [0.1, 0.15) is 22.3 Å². The highest BCUT2D eigenvalue weighted by atomic mass is 16.1. The van der Waals surface area contributed by atoms with Crippen molar-refractivity contribution in [1.82, 2.24) is 15.1 Å². The summed E-state index contributed by atoms with van der Waals surface area (Å²) in [7, 11) is 0. The second-order valence-electron chi connectivity index (χ2n) is 4.36. The summed E-state index contributed by atoms with van der Waals surface area (Å²) in [5, 5.41) is 7.48. The fraction of sp³-hybridized carbons (Fsp3) is 0.286. The molecule has 5 nitrogen and oxygen atoms in total. The van der Waals surface area contributed by atoms with Crippen molar-refractivity contribution >= 4 is 5.91 Å². The number of aryl methyl sites for hydroxylation is 1. The van der Waals surface area contributed by atoms with E-state index in [4.69, 9.17) is 5.73 Å². The minimum absolute atomic E-state index is 0.388. The van der Waals surface area contributed by atoms with Crippen molar-refractivity contribution in [3.05, 3.63) is 53.9 Å². The number of rotatable bonds is 7. The number of aromatic nitrogens is 2. The molecule has 2 aromatic rings. The van der Waals surface area contributed by atoms with Crippen molar-refractivity contribution < 1.29 is 4.79 Å². The summed E-state index contributed by atoms with van der Waals surface area (Å²) in [6.07, 6.45) is 4.75. The first kappa shape index (κ1) is 13.3. The number of benzene rings is 1. The van der Waals surface area contributed by atoms with Gasteiger partial charge in [-0.05, 0) is 36.7 Å². The SMILES string of the molecule is NC(=O)c1cccc(CNCCCn2cccn2)c1. The topological polar surface area (TPSA) is 72.9 Å². The smallest absolute Gasteiger partial charge is 0.248 e. The number of hydrogen-bond donors (Lipinski definition) is 2. The average molecular weight is 258 g/mol. The van der Waals surface area contributed by atoms with Gasteiger partial charge in [-0.25, -0.2) is 0 Å². The van der Waals surface area contributed by atoms with Gasteiger partial charge in [-0.2, -0.15) is 5.10 Å². The highest BCUT2D eigenvalue weighted by Crippen LogP contribution is 2.04. The number of carbonyl (C=O) groups excluding carboxylic acids is 1. The lowest BCUT2D eigenvalue weighted by molar-refractivity contribution is 0.1000. The third-order valence-electron chi connectivity index (χ3n) is 2.84. The van der Waals surface area contributed by atoms with Gasteiger partial charge in [-0.15, -0.1) is 0 Å². The Balaban J connectivity index is 1.70. The molecular weight excluding hydrogens is 240 g/mol. The van der Waals surface area contributed by atoms with E-state index in [1.54, 1.807) is 12.3 Å². The van der Waals surface area contributed by atoms with Crippen LogP contribution in [0.15, 0.2) is 42.7 Å². The van der Waals surface area contributed by atoms with E-state index in [0.29, 0.717) is 5.56 Å². The van der Waals surface area contributed by atoms with E-state index in [1.165, 1.54) is 0 Å². The van der Waals surface area contributed by atoms with Gasteiger partial charge in [0.25, 0.3) is 0 Å². The highest BCUT2D eigenvalue weighted by Gasteiger charge is 2.00. The third-order valence-corrected chi connectivity index (χ3v) is 2.84. The molecule has 0 fully saturated rings. The van der Waals surface area contributed by atoms with Crippen LogP contribution in [0.25, 0.3) is 0 Å². The Hall–Kier alpha value is -2.14. The summed E-state index contributed by atoms with van der Waals surface area (Å²) in [6, 6.07) is 9.29. The summed E-state index contributed by atoms with van der Waals surface area (Å²) in [4.78, 5) is 11.1. The quantitative estimate of drug-likeness (QED) is 0.732. The number of amides is 1. The van der Waals surface area contributed by atoms with Gasteiger partial charge in [0.2, 0.25) is 5.91 Å². The minimum atomic E-state index is -0.388. The van der Waals surface area contributed by atoms with E-state index in [9.17, 15) is 4.79 Å². The summed E-state index contributed by atoms with van der Waals surface area (Å²) in [6.45, 7) is 2.54. The first-order chi connectivity index (χ1) is 9.25. The molecule has 100 valence electrons. The summed E-state index contributed by atoms with van der Waals surface area (Å²) in [5.74, 6) is -0.388. The zero-order valence-electron chi connectivity index (χ0n) is 10.7. The Morgan fingerprint density at radius 3 is 3.00 bits per heavy atom. The molecule has 0 unspecified atom stereocenters. The Bertz CT molecular complexity index is 522. The first-order valence-electron chi connectivity index (χ1n) is 6.32. The maximum absolute atomic E-state index is 11.1. The van der Waals surface area contributed by atoms with Crippen LogP contribution in [0, 0.1) is 0 Å². The molecule has 0 spiro atoms. The standard InChI is InChI=1S/C14H18N4O/c15-14(19)13-5-1-4-12(10-13)11-16-6-2-8-18-9-3-7-17-18/h1,3-5,7,9-10,16H,2,6,8,11H2,(H2,15,19). The molecule has 1 aromatic carbocycles. The van der Waals surface area contributed by atoms with Crippen LogP contribution >= 0.6 is 0 Å². The largest absolute Gasteiger partial charge is 0.366 e. The fourth-order valence-corrected chi connectivity index (χ4v) is 1.87. The lowest BCUT2D eigenvalue weighted by Gasteiger charge is -2.06. The molecule has 0 saturated carbocycles. The van der Waals surface area contributed by atoms with E-state index < -0.39 is 0 Å². The van der Waals surface area contributed by atoms with Gasteiger partial charge in [-0.1, -0.05) is 12.1 Å². The zero-order valence-corrected chi connectivity index (χ0v) is 10.7. The molecule has 0 saturated heterocycles. The van der Waals surface area contributed by atoms with Gasteiger partial charge in [0.05, 0.1) is 0 Å². The molecular formula is C14H18N4O. The Kier molecular flexibility index (Phi) is 4.69. The van der Waals surface area contributed by atoms with Crippen LogP contribution in [0.2, 0.25) is 0 Å². The Morgan fingerprint density at radius 2 is 2.26 bits per heavy atom. The molecule has 19 heavy (non-hydrogen) atoms. The number of nitrogens with one attached hydrogen (secondary N) is 1. The number of primary amides is 1. The van der Waals surface area contributed by atoms with Gasteiger partial charge < -0.3 is 11.1 Å². The molecule has 0 radical (unpaired) electrons.